The summed E-state index contributed by atoms with van der Waals surface area (Å²) in [4.78, 5) is 0. The first-order valence-electron chi connectivity index (χ1n) is 4.29. The Balaban J connectivity index is 2.74. The van der Waals surface area contributed by atoms with Crippen LogP contribution in [0.2, 0.25) is 0 Å². The lowest BCUT2D eigenvalue weighted by molar-refractivity contribution is 0.311. The molecule has 1 aromatic rings. The van der Waals surface area contributed by atoms with Crippen LogP contribution in [0.1, 0.15) is 16.7 Å². The maximum Gasteiger partial charge on any atom is 0.264 e. The van der Waals surface area contributed by atoms with Crippen LogP contribution in [0.15, 0.2) is 18.2 Å². The van der Waals surface area contributed by atoms with Crippen LogP contribution >= 0.6 is 0 Å². The molecule has 3 nitrogen and oxygen atoms in total. The van der Waals surface area contributed by atoms with Gasteiger partial charge in [-0.2, -0.15) is 8.42 Å². The molecule has 14 heavy (non-hydrogen) atoms. The minimum Gasteiger partial charge on any atom is -0.265 e. The molecule has 0 saturated heterocycles. The van der Waals surface area contributed by atoms with Gasteiger partial charge in [0.1, 0.15) is 0 Å². The van der Waals surface area contributed by atoms with E-state index in [2.05, 4.69) is 4.18 Å². The van der Waals surface area contributed by atoms with Crippen molar-refractivity contribution < 1.29 is 12.6 Å². The molecule has 0 atom stereocenters. The molecule has 0 fully saturated rings. The molecule has 0 heterocycles. The Morgan fingerprint density at radius 3 is 2.36 bits per heavy atom. The predicted molar refractivity (Wildman–Crippen MR) is 55.5 cm³/mol. The average Bonchev–Trinajstić information content (AvgIpc) is 2.06. The van der Waals surface area contributed by atoms with E-state index in [9.17, 15) is 8.42 Å². The van der Waals surface area contributed by atoms with Gasteiger partial charge in [0.2, 0.25) is 0 Å². The molecule has 0 amide bonds. The number of benzene rings is 1. The average molecular weight is 214 g/mol. The molecule has 0 radical (unpaired) electrons. The van der Waals surface area contributed by atoms with Crippen molar-refractivity contribution in [2.75, 3.05) is 6.26 Å². The van der Waals surface area contributed by atoms with Crippen LogP contribution in [0.5, 0.6) is 0 Å². The highest BCUT2D eigenvalue weighted by molar-refractivity contribution is 7.85. The highest BCUT2D eigenvalue weighted by Crippen LogP contribution is 2.11. The maximum absolute atomic E-state index is 10.7. The second kappa shape index (κ2) is 4.11. The quantitative estimate of drug-likeness (QED) is 0.720. The number of aryl methyl sites for hydroxylation is 2. The molecule has 0 aromatic heterocycles. The Morgan fingerprint density at radius 1 is 1.21 bits per heavy atom. The van der Waals surface area contributed by atoms with Gasteiger partial charge in [0.25, 0.3) is 10.1 Å². The lowest BCUT2D eigenvalue weighted by Gasteiger charge is -2.04. The normalized spacial score (nSPS) is 11.6. The molecule has 0 aliphatic rings. The van der Waals surface area contributed by atoms with E-state index in [1.165, 1.54) is 5.56 Å². The Hall–Kier alpha value is -0.870. The molecule has 0 spiro atoms. The fourth-order valence-electron chi connectivity index (χ4n) is 1.07. The lowest BCUT2D eigenvalue weighted by Crippen LogP contribution is -2.02. The van der Waals surface area contributed by atoms with E-state index in [1.54, 1.807) is 0 Å². The molecule has 0 aliphatic heterocycles. The van der Waals surface area contributed by atoms with Gasteiger partial charge < -0.3 is 0 Å². The van der Waals surface area contributed by atoms with Crippen LogP contribution in [0.25, 0.3) is 0 Å². The Morgan fingerprint density at radius 2 is 1.86 bits per heavy atom. The van der Waals surface area contributed by atoms with Crippen LogP contribution < -0.4 is 0 Å². The van der Waals surface area contributed by atoms with Crippen molar-refractivity contribution >= 4 is 10.1 Å². The molecule has 0 saturated carbocycles. The summed E-state index contributed by atoms with van der Waals surface area (Å²) in [6.07, 6.45) is 1.05. The minimum absolute atomic E-state index is 0.111. The van der Waals surface area contributed by atoms with Crippen molar-refractivity contribution in [1.29, 1.82) is 0 Å². The standard InChI is InChI=1S/C10H14O3S/c1-8-4-5-10(6-9(8)2)7-13-14(3,11)12/h4-6H,7H2,1-3H3. The SMILES string of the molecule is Cc1ccc(COS(C)(=O)=O)cc1C. The van der Waals surface area contributed by atoms with E-state index >= 15 is 0 Å². The first-order chi connectivity index (χ1) is 6.38. The number of hydrogen-bond donors (Lipinski definition) is 0. The molecule has 1 rings (SSSR count). The second-order valence-corrected chi connectivity index (χ2v) is 5.03. The van der Waals surface area contributed by atoms with Crippen molar-refractivity contribution in [2.24, 2.45) is 0 Å². The third-order valence-corrected chi connectivity index (χ3v) is 2.56. The minimum atomic E-state index is -3.35. The number of hydrogen-bond acceptors (Lipinski definition) is 3. The summed E-state index contributed by atoms with van der Waals surface area (Å²) in [7, 11) is -3.35. The highest BCUT2D eigenvalue weighted by atomic mass is 32.2. The Labute approximate surface area is 84.8 Å². The van der Waals surface area contributed by atoms with Crippen molar-refractivity contribution in [3.8, 4) is 0 Å². The zero-order valence-electron chi connectivity index (χ0n) is 8.57. The van der Waals surface area contributed by atoms with Crippen molar-refractivity contribution in [3.05, 3.63) is 34.9 Å². The Kier molecular flexibility index (Phi) is 3.29. The third kappa shape index (κ3) is 3.47. The van der Waals surface area contributed by atoms with Gasteiger partial charge in [-0.25, -0.2) is 0 Å². The van der Waals surface area contributed by atoms with E-state index in [-0.39, 0.29) is 6.61 Å². The summed E-state index contributed by atoms with van der Waals surface area (Å²) in [5, 5.41) is 0. The second-order valence-electron chi connectivity index (χ2n) is 3.38. The number of rotatable bonds is 3. The molecule has 0 N–H and O–H groups in total. The first-order valence-corrected chi connectivity index (χ1v) is 6.11. The Bertz CT molecular complexity index is 421. The largest absolute Gasteiger partial charge is 0.265 e. The van der Waals surface area contributed by atoms with Crippen LogP contribution in [0.3, 0.4) is 0 Å². The van der Waals surface area contributed by atoms with E-state index in [0.29, 0.717) is 0 Å². The van der Waals surface area contributed by atoms with Gasteiger partial charge >= 0.3 is 0 Å². The van der Waals surface area contributed by atoms with Gasteiger partial charge in [0.15, 0.2) is 0 Å². The fraction of sp³-hybridized carbons (Fsp3) is 0.400. The predicted octanol–water partition coefficient (Wildman–Crippen LogP) is 1.78. The van der Waals surface area contributed by atoms with Crippen molar-refractivity contribution in [1.82, 2.24) is 0 Å². The summed E-state index contributed by atoms with van der Waals surface area (Å²) in [5.41, 5.74) is 3.20. The van der Waals surface area contributed by atoms with Crippen LogP contribution in [-0.4, -0.2) is 14.7 Å². The summed E-state index contributed by atoms with van der Waals surface area (Å²) < 4.78 is 26.2. The lowest BCUT2D eigenvalue weighted by atomic mass is 10.1. The van der Waals surface area contributed by atoms with Gasteiger partial charge in [-0.1, -0.05) is 18.2 Å². The molecule has 4 heteroatoms. The maximum atomic E-state index is 10.7. The van der Waals surface area contributed by atoms with Gasteiger partial charge in [-0.05, 0) is 30.5 Å². The van der Waals surface area contributed by atoms with Crippen molar-refractivity contribution in [3.63, 3.8) is 0 Å². The van der Waals surface area contributed by atoms with Crippen LogP contribution in [0, 0.1) is 13.8 Å². The summed E-state index contributed by atoms with van der Waals surface area (Å²) in [6, 6.07) is 5.75. The van der Waals surface area contributed by atoms with E-state index in [0.717, 1.165) is 17.4 Å². The monoisotopic (exact) mass is 214 g/mol. The van der Waals surface area contributed by atoms with Gasteiger partial charge in [0, 0.05) is 0 Å². The van der Waals surface area contributed by atoms with Crippen molar-refractivity contribution in [2.45, 2.75) is 20.5 Å². The van der Waals surface area contributed by atoms with E-state index < -0.39 is 10.1 Å². The zero-order valence-corrected chi connectivity index (χ0v) is 9.39. The third-order valence-electron chi connectivity index (χ3n) is 2.01. The van der Waals surface area contributed by atoms with Crippen LogP contribution in [0.4, 0.5) is 0 Å². The topological polar surface area (TPSA) is 43.4 Å². The zero-order chi connectivity index (χ0) is 10.8. The van der Waals surface area contributed by atoms with E-state index in [1.807, 2.05) is 32.0 Å². The molecule has 1 aromatic carbocycles. The summed E-state index contributed by atoms with van der Waals surface area (Å²) >= 11 is 0. The fourth-order valence-corrected chi connectivity index (χ4v) is 1.42. The molecule has 0 unspecified atom stereocenters. The van der Waals surface area contributed by atoms with Gasteiger partial charge in [-0.15, -0.1) is 0 Å². The molecule has 0 aliphatic carbocycles. The highest BCUT2D eigenvalue weighted by Gasteiger charge is 2.03. The summed E-state index contributed by atoms with van der Waals surface area (Å²) in [6.45, 7) is 4.11. The molecular formula is C10H14O3S. The van der Waals surface area contributed by atoms with Crippen LogP contribution in [-0.2, 0) is 20.9 Å². The first kappa shape index (κ1) is 11.2. The molecular weight excluding hydrogens is 200 g/mol. The summed E-state index contributed by atoms with van der Waals surface area (Å²) in [5.74, 6) is 0. The van der Waals surface area contributed by atoms with Gasteiger partial charge in [-0.3, -0.25) is 4.18 Å². The smallest absolute Gasteiger partial charge is 0.264 e. The molecule has 0 bridgehead atoms. The van der Waals surface area contributed by atoms with Gasteiger partial charge in [0.05, 0.1) is 12.9 Å². The van der Waals surface area contributed by atoms with E-state index in [4.69, 9.17) is 0 Å². The molecule has 78 valence electrons.